The van der Waals surface area contributed by atoms with E-state index in [1.807, 2.05) is 0 Å². The van der Waals surface area contributed by atoms with Crippen LogP contribution in [-0.4, -0.2) is 47.5 Å². The molecule has 0 aromatic rings. The lowest BCUT2D eigenvalue weighted by Crippen LogP contribution is -2.32. The van der Waals surface area contributed by atoms with Gasteiger partial charge in [-0.2, -0.15) is 0 Å². The molecule has 3 fully saturated rings. The number of cyclic esters (lactones) is 1. The zero-order chi connectivity index (χ0) is 14.3. The first kappa shape index (κ1) is 14.4. The van der Waals surface area contributed by atoms with Crippen molar-refractivity contribution in [3.8, 4) is 0 Å². The second kappa shape index (κ2) is 5.36. The first-order valence-electron chi connectivity index (χ1n) is 6.63. The summed E-state index contributed by atoms with van der Waals surface area (Å²) in [5.74, 6) is -0.535. The zero-order valence-electron chi connectivity index (χ0n) is 10.7. The van der Waals surface area contributed by atoms with Gasteiger partial charge >= 0.3 is 13.8 Å². The van der Waals surface area contributed by atoms with E-state index in [-0.39, 0.29) is 43.2 Å². The molecule has 0 unspecified atom stereocenters. The molecule has 0 aromatic carbocycles. The average molecular weight is 308 g/mol. The maximum absolute atomic E-state index is 11.8. The molecule has 0 spiro atoms. The van der Waals surface area contributed by atoms with Gasteiger partial charge in [0.25, 0.3) is 0 Å². The van der Waals surface area contributed by atoms with Crippen LogP contribution in [0.25, 0.3) is 0 Å². The summed E-state index contributed by atoms with van der Waals surface area (Å²) in [5.41, 5.74) is 0. The van der Waals surface area contributed by atoms with E-state index >= 15 is 0 Å². The normalized spacial score (nSPS) is 39.1. The highest BCUT2D eigenvalue weighted by molar-refractivity contribution is 7.46. The largest absolute Gasteiger partial charge is 0.469 e. The molecule has 9 heteroatoms. The Balaban J connectivity index is 1.45. The smallest absolute Gasteiger partial charge is 0.435 e. The summed E-state index contributed by atoms with van der Waals surface area (Å²) in [6, 6.07) is 0. The highest BCUT2D eigenvalue weighted by atomic mass is 31.2. The fourth-order valence-corrected chi connectivity index (χ4v) is 3.59. The Morgan fingerprint density at radius 3 is 2.75 bits per heavy atom. The summed E-state index contributed by atoms with van der Waals surface area (Å²) in [6.07, 6.45) is 1.49. The lowest BCUT2D eigenvalue weighted by Gasteiger charge is -2.22. The van der Waals surface area contributed by atoms with Gasteiger partial charge in [-0.3, -0.25) is 9.32 Å². The van der Waals surface area contributed by atoms with Crippen LogP contribution in [0.1, 0.15) is 19.3 Å². The van der Waals surface area contributed by atoms with Gasteiger partial charge in [-0.25, -0.2) is 4.57 Å². The molecule has 3 saturated heterocycles. The van der Waals surface area contributed by atoms with Crippen molar-refractivity contribution >= 4 is 13.8 Å². The Bertz CT molecular complexity index is 434. The van der Waals surface area contributed by atoms with Gasteiger partial charge in [-0.05, 0) is 19.3 Å². The van der Waals surface area contributed by atoms with E-state index in [2.05, 4.69) is 4.52 Å². The molecule has 20 heavy (non-hydrogen) atoms. The van der Waals surface area contributed by atoms with Crippen LogP contribution in [0.3, 0.4) is 0 Å². The summed E-state index contributed by atoms with van der Waals surface area (Å²) >= 11 is 0. The Labute approximate surface area is 115 Å². The number of ether oxygens (including phenoxy) is 3. The van der Waals surface area contributed by atoms with Gasteiger partial charge < -0.3 is 24.0 Å². The van der Waals surface area contributed by atoms with Gasteiger partial charge in [0.05, 0.1) is 37.3 Å². The van der Waals surface area contributed by atoms with Gasteiger partial charge in [0.15, 0.2) is 0 Å². The van der Waals surface area contributed by atoms with E-state index in [0.29, 0.717) is 6.42 Å². The highest BCUT2D eigenvalue weighted by Crippen LogP contribution is 2.49. The van der Waals surface area contributed by atoms with Crippen LogP contribution in [0.4, 0.5) is 0 Å². The van der Waals surface area contributed by atoms with E-state index in [4.69, 9.17) is 24.0 Å². The fourth-order valence-electron chi connectivity index (χ4n) is 3.23. The van der Waals surface area contributed by atoms with Crippen molar-refractivity contribution in [2.24, 2.45) is 11.8 Å². The number of carbonyl (C=O) groups excluding carboxylic acids is 1. The van der Waals surface area contributed by atoms with Crippen molar-refractivity contribution in [3.63, 3.8) is 0 Å². The molecule has 0 radical (unpaired) electrons. The van der Waals surface area contributed by atoms with Crippen molar-refractivity contribution in [3.05, 3.63) is 0 Å². The van der Waals surface area contributed by atoms with Crippen LogP contribution >= 0.6 is 7.82 Å². The van der Waals surface area contributed by atoms with E-state index in [0.717, 1.165) is 12.8 Å². The monoisotopic (exact) mass is 308 g/mol. The Morgan fingerprint density at radius 1 is 1.25 bits per heavy atom. The Morgan fingerprint density at radius 2 is 2.00 bits per heavy atom. The summed E-state index contributed by atoms with van der Waals surface area (Å²) in [4.78, 5) is 28.8. The third-order valence-electron chi connectivity index (χ3n) is 3.98. The first-order valence-corrected chi connectivity index (χ1v) is 8.16. The molecule has 0 aromatic heterocycles. The minimum absolute atomic E-state index is 0.0211. The number of hydrogen-bond acceptors (Lipinski definition) is 6. The number of rotatable bonds is 6. The van der Waals surface area contributed by atoms with Gasteiger partial charge in [-0.1, -0.05) is 0 Å². The predicted octanol–water partition coefficient (Wildman–Crippen LogP) is 0.179. The van der Waals surface area contributed by atoms with E-state index in [1.165, 1.54) is 0 Å². The second-order valence-electron chi connectivity index (χ2n) is 5.25. The van der Waals surface area contributed by atoms with Crippen molar-refractivity contribution in [2.75, 3.05) is 13.2 Å². The van der Waals surface area contributed by atoms with Crippen LogP contribution in [0, 0.1) is 11.8 Å². The summed E-state index contributed by atoms with van der Waals surface area (Å²) in [6.45, 7) is 0.0974. The molecule has 0 aliphatic carbocycles. The summed E-state index contributed by atoms with van der Waals surface area (Å²) in [5, 5.41) is 0. The summed E-state index contributed by atoms with van der Waals surface area (Å²) < 4.78 is 31.2. The quantitative estimate of drug-likeness (QED) is 0.406. The van der Waals surface area contributed by atoms with E-state index in [9.17, 15) is 9.36 Å². The molecule has 0 saturated carbocycles. The number of esters is 1. The molecule has 3 heterocycles. The highest BCUT2D eigenvalue weighted by Gasteiger charge is 2.61. The maximum Gasteiger partial charge on any atom is 0.469 e. The van der Waals surface area contributed by atoms with Gasteiger partial charge in [-0.15, -0.1) is 0 Å². The second-order valence-corrected chi connectivity index (χ2v) is 6.49. The third kappa shape index (κ3) is 2.77. The van der Waals surface area contributed by atoms with Gasteiger partial charge in [0.1, 0.15) is 0 Å². The van der Waals surface area contributed by atoms with Gasteiger partial charge in [0, 0.05) is 0 Å². The molecule has 0 amide bonds. The molecule has 3 aliphatic rings. The van der Waals surface area contributed by atoms with Crippen LogP contribution in [0.15, 0.2) is 0 Å². The first-order chi connectivity index (χ1) is 9.46. The van der Waals surface area contributed by atoms with Crippen molar-refractivity contribution in [1.82, 2.24) is 0 Å². The third-order valence-corrected chi connectivity index (χ3v) is 4.50. The molecular formula is C11H17O8P. The van der Waals surface area contributed by atoms with E-state index in [1.54, 1.807) is 0 Å². The molecule has 8 nitrogen and oxygen atoms in total. The number of phosphoric ester groups is 1. The van der Waals surface area contributed by atoms with Crippen LogP contribution in [-0.2, 0) is 28.1 Å². The SMILES string of the molecule is O=C1O[C@H](OCCCOP(=O)(O)O)[C@@H]2[C@H]1[C@H]1CC[C@@H]2O1. The lowest BCUT2D eigenvalue weighted by molar-refractivity contribution is -0.175. The maximum atomic E-state index is 11.8. The van der Waals surface area contributed by atoms with Crippen LogP contribution < -0.4 is 0 Å². The molecule has 3 aliphatic heterocycles. The standard InChI is InChI=1S/C11H17O8P/c12-10-8-6-2-3-7(18-6)9(8)11(19-10)16-4-1-5-17-20(13,14)15/h6-9,11H,1-5H2,(H2,13,14,15)/t6-,7+,8-,9+,11+/m1/s1. The number of carbonyl (C=O) groups is 1. The van der Waals surface area contributed by atoms with Crippen LogP contribution in [0.5, 0.6) is 0 Å². The molecule has 3 rings (SSSR count). The number of phosphoric acid groups is 1. The van der Waals surface area contributed by atoms with Crippen molar-refractivity contribution in [1.29, 1.82) is 0 Å². The molecule has 5 atom stereocenters. The number of fused-ring (bicyclic) bond motifs is 5. The number of hydrogen-bond donors (Lipinski definition) is 2. The molecule has 2 N–H and O–H groups in total. The topological polar surface area (TPSA) is 112 Å². The molecular weight excluding hydrogens is 291 g/mol. The van der Waals surface area contributed by atoms with Gasteiger partial charge in [0.2, 0.25) is 6.29 Å². The fraction of sp³-hybridized carbons (Fsp3) is 0.909. The molecule has 114 valence electrons. The van der Waals surface area contributed by atoms with Crippen LogP contribution in [0.2, 0.25) is 0 Å². The lowest BCUT2D eigenvalue weighted by atomic mass is 9.81. The Kier molecular flexibility index (Phi) is 3.87. The average Bonchev–Trinajstić information content (AvgIpc) is 3.01. The minimum Gasteiger partial charge on any atom is -0.435 e. The minimum atomic E-state index is -4.43. The predicted molar refractivity (Wildman–Crippen MR) is 63.3 cm³/mol. The summed E-state index contributed by atoms with van der Waals surface area (Å²) in [7, 11) is -4.43. The molecule has 2 bridgehead atoms. The Hall–Kier alpha value is -0.500. The van der Waals surface area contributed by atoms with E-state index < -0.39 is 14.1 Å². The zero-order valence-corrected chi connectivity index (χ0v) is 11.6. The van der Waals surface area contributed by atoms with Crippen molar-refractivity contribution in [2.45, 2.75) is 37.8 Å². The van der Waals surface area contributed by atoms with Crippen molar-refractivity contribution < 1.29 is 37.9 Å².